The van der Waals surface area contributed by atoms with Crippen molar-refractivity contribution in [2.45, 2.75) is 74.0 Å². The summed E-state index contributed by atoms with van der Waals surface area (Å²) in [7, 11) is 0. The zero-order valence-corrected chi connectivity index (χ0v) is 21.4. The monoisotopic (exact) mass is 483 g/mol. The number of thioether (sulfide) groups is 1. The molecule has 5 nitrogen and oxygen atoms in total. The van der Waals surface area contributed by atoms with Crippen molar-refractivity contribution in [3.63, 3.8) is 0 Å². The van der Waals surface area contributed by atoms with Gasteiger partial charge in [-0.15, -0.1) is 11.8 Å². The maximum Gasteiger partial charge on any atom is 0.153 e. The van der Waals surface area contributed by atoms with Gasteiger partial charge in [0.2, 0.25) is 0 Å². The molecule has 33 heavy (non-hydrogen) atoms. The third-order valence-electron chi connectivity index (χ3n) is 5.00. The number of hydrogen-bond acceptors (Lipinski definition) is 7. The van der Waals surface area contributed by atoms with Gasteiger partial charge in [0.1, 0.15) is 23.3 Å². The largest absolute Gasteiger partial charge is 0.491 e. The first kappa shape index (κ1) is 26.8. The van der Waals surface area contributed by atoms with Crippen molar-refractivity contribution < 1.29 is 9.47 Å². The average molecular weight is 484 g/mol. The lowest BCUT2D eigenvalue weighted by Crippen LogP contribution is -2.06. The second-order valence-corrected chi connectivity index (χ2v) is 9.57. The number of nitrogens with two attached hydrogens (primary N) is 1. The van der Waals surface area contributed by atoms with Gasteiger partial charge in [-0.1, -0.05) is 62.9 Å². The maximum atomic E-state index is 9.93. The third-order valence-corrected chi connectivity index (χ3v) is 7.48. The van der Waals surface area contributed by atoms with E-state index < -0.39 is 0 Å². The summed E-state index contributed by atoms with van der Waals surface area (Å²) in [6.45, 7) is 6.76. The fourth-order valence-corrected chi connectivity index (χ4v) is 5.76. The van der Waals surface area contributed by atoms with Crippen LogP contribution in [0, 0.1) is 22.7 Å². The van der Waals surface area contributed by atoms with Crippen molar-refractivity contribution >= 4 is 29.2 Å². The first-order chi connectivity index (χ1) is 16.1. The number of nitriles is 2. The molecule has 0 amide bonds. The van der Waals surface area contributed by atoms with E-state index in [-0.39, 0.29) is 11.1 Å². The highest BCUT2D eigenvalue weighted by atomic mass is 32.2. The lowest BCUT2D eigenvalue weighted by Gasteiger charge is -2.21. The van der Waals surface area contributed by atoms with Crippen LogP contribution in [0.3, 0.4) is 0 Å². The molecule has 2 N–H and O–H groups in total. The molecule has 0 fully saturated rings. The second-order valence-electron chi connectivity index (χ2n) is 7.41. The molecule has 176 valence electrons. The molecule has 0 aliphatic carbocycles. The Morgan fingerprint density at radius 2 is 1.39 bits per heavy atom. The molecule has 0 aliphatic heterocycles. The number of rotatable bonds is 14. The van der Waals surface area contributed by atoms with E-state index in [0.29, 0.717) is 30.4 Å². The zero-order valence-electron chi connectivity index (χ0n) is 19.8. The highest BCUT2D eigenvalue weighted by Crippen LogP contribution is 2.51. The van der Waals surface area contributed by atoms with Crippen molar-refractivity contribution in [3.8, 4) is 23.6 Å². The molecule has 0 radical (unpaired) electrons. The van der Waals surface area contributed by atoms with Gasteiger partial charge < -0.3 is 15.2 Å². The molecule has 2 aromatic carbocycles. The summed E-state index contributed by atoms with van der Waals surface area (Å²) >= 11 is 3.12. The molecule has 0 aliphatic rings. The van der Waals surface area contributed by atoms with E-state index >= 15 is 0 Å². The summed E-state index contributed by atoms with van der Waals surface area (Å²) in [6.07, 6.45) is 7.26. The van der Waals surface area contributed by atoms with Gasteiger partial charge in [0.15, 0.2) is 11.5 Å². The van der Waals surface area contributed by atoms with Crippen molar-refractivity contribution in [1.29, 1.82) is 10.5 Å². The van der Waals surface area contributed by atoms with Gasteiger partial charge in [0.05, 0.1) is 23.0 Å². The summed E-state index contributed by atoms with van der Waals surface area (Å²) < 4.78 is 11.9. The van der Waals surface area contributed by atoms with E-state index in [0.717, 1.165) is 26.9 Å². The second kappa shape index (κ2) is 14.6. The lowest BCUT2D eigenvalue weighted by molar-refractivity contribution is 0.314. The van der Waals surface area contributed by atoms with Crippen LogP contribution in [0.5, 0.6) is 11.5 Å². The van der Waals surface area contributed by atoms with Crippen LogP contribution in [0.15, 0.2) is 39.0 Å². The van der Waals surface area contributed by atoms with E-state index in [1.54, 1.807) is 11.8 Å². The number of benzene rings is 2. The smallest absolute Gasteiger partial charge is 0.153 e. The average Bonchev–Trinajstić information content (AvgIpc) is 2.82. The predicted octanol–water partition coefficient (Wildman–Crippen LogP) is 7.41. The summed E-state index contributed by atoms with van der Waals surface area (Å²) in [5.41, 5.74) is 7.33. The van der Waals surface area contributed by atoms with Crippen molar-refractivity contribution in [2.75, 3.05) is 24.7 Å². The Morgan fingerprint density at radius 3 is 1.97 bits per heavy atom. The van der Waals surface area contributed by atoms with Crippen LogP contribution in [0.2, 0.25) is 0 Å². The standard InChI is InChI=1S/C26H33N3O2S2/c1-4-7-8-9-10-13-16-32-25-23(30-5-2)19(17-27)20(18-28)24(31-6-3)26(25)33-22-15-12-11-14-21(22)29/h11-12,14-15H,4-10,13,16,29H2,1-3H3. The summed E-state index contributed by atoms with van der Waals surface area (Å²) in [6, 6.07) is 12.0. The maximum absolute atomic E-state index is 9.93. The minimum atomic E-state index is 0.212. The molecule has 0 unspecified atom stereocenters. The fourth-order valence-electron chi connectivity index (χ4n) is 3.40. The molecule has 0 aromatic heterocycles. The van der Waals surface area contributed by atoms with Gasteiger partial charge in [-0.3, -0.25) is 0 Å². The van der Waals surface area contributed by atoms with E-state index in [1.165, 1.54) is 43.9 Å². The molecular formula is C26H33N3O2S2. The van der Waals surface area contributed by atoms with Crippen LogP contribution >= 0.6 is 23.5 Å². The van der Waals surface area contributed by atoms with Crippen LogP contribution in [-0.4, -0.2) is 19.0 Å². The van der Waals surface area contributed by atoms with Crippen LogP contribution in [-0.2, 0) is 0 Å². The van der Waals surface area contributed by atoms with E-state index in [9.17, 15) is 10.5 Å². The molecule has 2 aromatic rings. The molecule has 7 heteroatoms. The normalized spacial score (nSPS) is 10.5. The van der Waals surface area contributed by atoms with E-state index in [2.05, 4.69) is 19.1 Å². The SMILES string of the molecule is CCCCCCCCSc1c(OCC)c(C#N)c(C#N)c(OCC)c1Sc1ccccc1N. The highest BCUT2D eigenvalue weighted by Gasteiger charge is 2.27. The minimum absolute atomic E-state index is 0.212. The number of ether oxygens (including phenoxy) is 2. The number of para-hydroxylation sites is 1. The number of unbranched alkanes of at least 4 members (excludes halogenated alkanes) is 5. The molecule has 0 atom stereocenters. The van der Waals surface area contributed by atoms with Gasteiger partial charge in [-0.2, -0.15) is 10.5 Å². The van der Waals surface area contributed by atoms with Crippen molar-refractivity contribution in [3.05, 3.63) is 35.4 Å². The molecule has 0 heterocycles. The summed E-state index contributed by atoms with van der Waals surface area (Å²) in [4.78, 5) is 2.50. The molecule has 2 rings (SSSR count). The highest BCUT2D eigenvalue weighted by molar-refractivity contribution is 8.02. The zero-order chi connectivity index (χ0) is 24.1. The Hall–Kier alpha value is -2.48. The van der Waals surface area contributed by atoms with Gasteiger partial charge in [-0.05, 0) is 38.2 Å². The lowest BCUT2D eigenvalue weighted by atomic mass is 10.1. The van der Waals surface area contributed by atoms with Gasteiger partial charge in [0, 0.05) is 10.6 Å². The fraction of sp³-hybridized carbons (Fsp3) is 0.462. The Bertz CT molecular complexity index is 996. The third kappa shape index (κ3) is 7.25. The Labute approximate surface area is 206 Å². The van der Waals surface area contributed by atoms with Crippen LogP contribution < -0.4 is 15.2 Å². The molecule has 0 saturated heterocycles. The first-order valence-electron chi connectivity index (χ1n) is 11.6. The Kier molecular flexibility index (Phi) is 11.9. The number of nitrogens with zero attached hydrogens (tertiary/aromatic N) is 2. The van der Waals surface area contributed by atoms with E-state index in [1.807, 2.05) is 38.1 Å². The van der Waals surface area contributed by atoms with Crippen molar-refractivity contribution in [1.82, 2.24) is 0 Å². The van der Waals surface area contributed by atoms with Crippen molar-refractivity contribution in [2.24, 2.45) is 0 Å². The number of anilines is 1. The molecule has 0 spiro atoms. The minimum Gasteiger partial charge on any atom is -0.491 e. The van der Waals surface area contributed by atoms with Crippen LogP contribution in [0.4, 0.5) is 5.69 Å². The van der Waals surface area contributed by atoms with Crippen LogP contribution in [0.1, 0.15) is 70.4 Å². The summed E-state index contributed by atoms with van der Waals surface area (Å²) in [5, 5.41) is 19.8. The van der Waals surface area contributed by atoms with Gasteiger partial charge in [-0.25, -0.2) is 0 Å². The molecule has 0 bridgehead atoms. The predicted molar refractivity (Wildman–Crippen MR) is 137 cm³/mol. The van der Waals surface area contributed by atoms with Crippen LogP contribution in [0.25, 0.3) is 0 Å². The molecular weight excluding hydrogens is 450 g/mol. The van der Waals surface area contributed by atoms with Gasteiger partial charge >= 0.3 is 0 Å². The Balaban J connectivity index is 2.53. The summed E-state index contributed by atoms with van der Waals surface area (Å²) in [5.74, 6) is 1.79. The van der Waals surface area contributed by atoms with Gasteiger partial charge in [0.25, 0.3) is 0 Å². The molecule has 0 saturated carbocycles. The topological polar surface area (TPSA) is 92.1 Å². The Morgan fingerprint density at radius 1 is 0.818 bits per heavy atom. The quantitative estimate of drug-likeness (QED) is 0.170. The van der Waals surface area contributed by atoms with E-state index in [4.69, 9.17) is 15.2 Å². The first-order valence-corrected chi connectivity index (χ1v) is 13.4. The number of hydrogen-bond donors (Lipinski definition) is 1. The number of nitrogen functional groups attached to an aromatic ring is 1.